The molecule has 0 fully saturated rings. The van der Waals surface area contributed by atoms with Crippen LogP contribution in [-0.2, 0) is 0 Å². The van der Waals surface area contributed by atoms with Gasteiger partial charge in [-0.25, -0.2) is 0 Å². The number of benzene rings is 3. The van der Waals surface area contributed by atoms with Crippen LogP contribution in [0.25, 0.3) is 16.6 Å². The van der Waals surface area contributed by atoms with Crippen LogP contribution in [0.15, 0.2) is 89.9 Å². The summed E-state index contributed by atoms with van der Waals surface area (Å²) >= 11 is 0. The molecule has 0 aliphatic heterocycles. The first-order valence-corrected chi connectivity index (χ1v) is 11.7. The number of methoxy groups -OCH3 is 2. The molecule has 0 saturated carbocycles. The smallest absolute Gasteiger partial charge is 0.276 e. The van der Waals surface area contributed by atoms with Crippen LogP contribution in [0.5, 0.6) is 23.0 Å². The summed E-state index contributed by atoms with van der Waals surface area (Å²) in [5.74, 6) is 1.88. The minimum absolute atomic E-state index is 0.154. The highest BCUT2D eigenvalue weighted by atomic mass is 16.5. The second-order valence-electron chi connectivity index (χ2n) is 8.38. The van der Waals surface area contributed by atoms with Crippen molar-refractivity contribution in [3.63, 3.8) is 0 Å². The lowest BCUT2D eigenvalue weighted by Gasteiger charge is -2.13. The van der Waals surface area contributed by atoms with Gasteiger partial charge < -0.3 is 19.5 Å². The molecule has 5 rings (SSSR count). The number of anilines is 1. The summed E-state index contributed by atoms with van der Waals surface area (Å²) in [6, 6.07) is 22.7. The van der Waals surface area contributed by atoms with E-state index in [9.17, 15) is 9.59 Å². The number of carbonyl (C=O) groups is 1. The Hall–Kier alpha value is -5.18. The molecule has 2 aromatic heterocycles. The highest BCUT2D eigenvalue weighted by Gasteiger charge is 2.16. The maximum absolute atomic E-state index is 13.0. The van der Waals surface area contributed by atoms with Crippen molar-refractivity contribution in [3.05, 3.63) is 107 Å². The van der Waals surface area contributed by atoms with Gasteiger partial charge in [0.1, 0.15) is 11.5 Å². The summed E-state index contributed by atoms with van der Waals surface area (Å²) in [5, 5.41) is 7.90. The molecule has 0 spiro atoms. The third-order valence-electron chi connectivity index (χ3n) is 5.88. The molecule has 2 heterocycles. The Morgan fingerprint density at radius 3 is 2.29 bits per heavy atom. The van der Waals surface area contributed by atoms with Gasteiger partial charge in [-0.05, 0) is 61.0 Å². The number of nitrogens with zero attached hydrogens (tertiary/aromatic N) is 3. The topological polar surface area (TPSA) is 105 Å². The zero-order valence-electron chi connectivity index (χ0n) is 21.0. The minimum Gasteiger partial charge on any atom is -0.493 e. The Balaban J connectivity index is 1.36. The molecule has 3 aromatic carbocycles. The van der Waals surface area contributed by atoms with Crippen molar-refractivity contribution in [3.8, 4) is 28.7 Å². The number of rotatable bonds is 7. The van der Waals surface area contributed by atoms with Crippen molar-refractivity contribution in [1.82, 2.24) is 14.8 Å². The predicted molar refractivity (Wildman–Crippen MR) is 144 cm³/mol. The highest BCUT2D eigenvalue weighted by molar-refractivity contribution is 6.03. The van der Waals surface area contributed by atoms with Crippen LogP contribution in [0, 0.1) is 6.92 Å². The number of pyridine rings is 1. The molecule has 5 aromatic rings. The van der Waals surface area contributed by atoms with Gasteiger partial charge in [-0.1, -0.05) is 18.2 Å². The SMILES string of the molecule is COc1cc2nccc(Oc3ccc(NC(=O)c4nn(-c5ccccc5)c(=O)cc4C)cc3)c2cc1OC. The first kappa shape index (κ1) is 24.5. The van der Waals surface area contributed by atoms with Crippen LogP contribution < -0.4 is 25.1 Å². The number of aromatic nitrogens is 3. The van der Waals surface area contributed by atoms with Gasteiger partial charge >= 0.3 is 0 Å². The molecular formula is C29H24N4O5. The molecule has 1 amide bonds. The van der Waals surface area contributed by atoms with E-state index in [1.54, 1.807) is 88.0 Å². The predicted octanol–water partition coefficient (Wildman–Crippen LogP) is 5.15. The average molecular weight is 509 g/mol. The molecule has 190 valence electrons. The van der Waals surface area contributed by atoms with Gasteiger partial charge in [0.2, 0.25) is 0 Å². The van der Waals surface area contributed by atoms with Crippen molar-refractivity contribution in [2.75, 3.05) is 19.5 Å². The maximum Gasteiger partial charge on any atom is 0.276 e. The molecule has 38 heavy (non-hydrogen) atoms. The number of hydrogen-bond acceptors (Lipinski definition) is 7. The van der Waals surface area contributed by atoms with E-state index in [0.29, 0.717) is 45.5 Å². The van der Waals surface area contributed by atoms with Crippen LogP contribution in [0.2, 0.25) is 0 Å². The number of aryl methyl sites for hydroxylation is 1. The Morgan fingerprint density at radius 2 is 1.58 bits per heavy atom. The third-order valence-corrected chi connectivity index (χ3v) is 5.88. The maximum atomic E-state index is 13.0. The fraction of sp³-hybridized carbons (Fsp3) is 0.103. The van der Waals surface area contributed by atoms with Crippen molar-refractivity contribution < 1.29 is 19.0 Å². The van der Waals surface area contributed by atoms with Crippen LogP contribution >= 0.6 is 0 Å². The van der Waals surface area contributed by atoms with Crippen molar-refractivity contribution in [1.29, 1.82) is 0 Å². The second kappa shape index (κ2) is 10.4. The summed E-state index contributed by atoms with van der Waals surface area (Å²) < 4.78 is 18.1. The van der Waals surface area contributed by atoms with E-state index in [-0.39, 0.29) is 11.3 Å². The zero-order chi connectivity index (χ0) is 26.6. The number of amides is 1. The largest absolute Gasteiger partial charge is 0.493 e. The van der Waals surface area contributed by atoms with Gasteiger partial charge in [0.15, 0.2) is 17.2 Å². The summed E-state index contributed by atoms with van der Waals surface area (Å²) in [7, 11) is 3.14. The first-order chi connectivity index (χ1) is 18.5. The standard InChI is InChI=1S/C29H24N4O5/c1-18-15-27(34)33(20-7-5-4-6-8-20)32-28(18)29(35)31-19-9-11-21(12-10-19)38-24-13-14-30-23-17-26(37-3)25(36-2)16-22(23)24/h4-17H,1-3H3,(H,31,35). The number of hydrogen-bond donors (Lipinski definition) is 1. The van der Waals surface area contributed by atoms with Gasteiger partial charge in [-0.15, -0.1) is 0 Å². The van der Waals surface area contributed by atoms with Gasteiger partial charge in [0, 0.05) is 29.4 Å². The fourth-order valence-corrected chi connectivity index (χ4v) is 3.98. The van der Waals surface area contributed by atoms with Crippen molar-refractivity contribution in [2.24, 2.45) is 0 Å². The highest BCUT2D eigenvalue weighted by Crippen LogP contribution is 2.37. The number of fused-ring (bicyclic) bond motifs is 1. The average Bonchev–Trinajstić information content (AvgIpc) is 2.94. The normalized spacial score (nSPS) is 10.7. The van der Waals surface area contributed by atoms with E-state index < -0.39 is 5.91 Å². The molecule has 0 aliphatic rings. The summed E-state index contributed by atoms with van der Waals surface area (Å²) in [4.78, 5) is 29.9. The molecule has 0 saturated heterocycles. The number of nitrogens with one attached hydrogen (secondary N) is 1. The Morgan fingerprint density at radius 1 is 0.868 bits per heavy atom. The Bertz CT molecular complexity index is 1680. The summed E-state index contributed by atoms with van der Waals surface area (Å²) in [5.41, 5.74) is 2.15. The van der Waals surface area contributed by atoms with E-state index in [0.717, 1.165) is 5.39 Å². The fourth-order valence-electron chi connectivity index (χ4n) is 3.98. The summed E-state index contributed by atoms with van der Waals surface area (Å²) in [6.45, 7) is 1.68. The molecule has 0 aliphatic carbocycles. The van der Waals surface area contributed by atoms with Crippen LogP contribution in [0.4, 0.5) is 5.69 Å². The lowest BCUT2D eigenvalue weighted by atomic mass is 10.2. The molecule has 0 bridgehead atoms. The van der Waals surface area contributed by atoms with Crippen molar-refractivity contribution >= 4 is 22.5 Å². The van der Waals surface area contributed by atoms with E-state index in [2.05, 4.69) is 15.4 Å². The van der Waals surface area contributed by atoms with Crippen LogP contribution in [-0.4, -0.2) is 34.9 Å². The molecule has 9 heteroatoms. The van der Waals surface area contributed by atoms with Crippen molar-refractivity contribution in [2.45, 2.75) is 6.92 Å². The second-order valence-corrected chi connectivity index (χ2v) is 8.38. The quantitative estimate of drug-likeness (QED) is 0.324. The van der Waals surface area contributed by atoms with E-state index >= 15 is 0 Å². The monoisotopic (exact) mass is 508 g/mol. The lowest BCUT2D eigenvalue weighted by molar-refractivity contribution is 0.102. The molecular weight excluding hydrogens is 484 g/mol. The van der Waals surface area contributed by atoms with Crippen LogP contribution in [0.3, 0.4) is 0 Å². The first-order valence-electron chi connectivity index (χ1n) is 11.7. The number of ether oxygens (including phenoxy) is 3. The molecule has 9 nitrogen and oxygen atoms in total. The zero-order valence-corrected chi connectivity index (χ0v) is 21.0. The van der Waals surface area contributed by atoms with E-state index in [1.807, 2.05) is 12.1 Å². The molecule has 0 radical (unpaired) electrons. The Labute approximate surface area is 218 Å². The van der Waals surface area contributed by atoms with E-state index in [4.69, 9.17) is 14.2 Å². The van der Waals surface area contributed by atoms with Gasteiger partial charge in [-0.2, -0.15) is 9.78 Å². The van der Waals surface area contributed by atoms with Gasteiger partial charge in [-0.3, -0.25) is 14.6 Å². The number of para-hydroxylation sites is 1. The van der Waals surface area contributed by atoms with Gasteiger partial charge in [0.25, 0.3) is 11.5 Å². The Kier molecular flexibility index (Phi) is 6.73. The van der Waals surface area contributed by atoms with E-state index in [1.165, 1.54) is 10.7 Å². The third kappa shape index (κ3) is 4.90. The lowest BCUT2D eigenvalue weighted by Crippen LogP contribution is -2.26. The van der Waals surface area contributed by atoms with Crippen LogP contribution in [0.1, 0.15) is 16.1 Å². The molecule has 0 unspecified atom stereocenters. The van der Waals surface area contributed by atoms with Gasteiger partial charge in [0.05, 0.1) is 25.4 Å². The molecule has 0 atom stereocenters. The summed E-state index contributed by atoms with van der Waals surface area (Å²) in [6.07, 6.45) is 1.66. The number of carbonyl (C=O) groups excluding carboxylic acids is 1. The molecule has 1 N–H and O–H groups in total. The minimum atomic E-state index is -0.429.